The predicted octanol–water partition coefficient (Wildman–Crippen LogP) is 3.14. The molecule has 0 heterocycles. The van der Waals surface area contributed by atoms with Crippen LogP contribution in [0.5, 0.6) is 5.75 Å². The zero-order chi connectivity index (χ0) is 14.4. The highest BCUT2D eigenvalue weighted by Crippen LogP contribution is 2.23. The van der Waals surface area contributed by atoms with E-state index in [0.29, 0.717) is 0 Å². The highest BCUT2D eigenvalue weighted by atomic mass is 16.5. The molecule has 1 atom stereocenters. The van der Waals surface area contributed by atoms with Gasteiger partial charge in [-0.15, -0.1) is 0 Å². The van der Waals surface area contributed by atoms with E-state index >= 15 is 0 Å². The number of aryl methyl sites for hydroxylation is 2. The highest BCUT2D eigenvalue weighted by Gasteiger charge is 2.11. The van der Waals surface area contributed by atoms with E-state index in [1.165, 1.54) is 11.1 Å². The van der Waals surface area contributed by atoms with Crippen LogP contribution in [-0.2, 0) is 6.42 Å². The quantitative estimate of drug-likeness (QED) is 0.626. The number of rotatable bonds is 6. The van der Waals surface area contributed by atoms with Crippen LogP contribution in [0.1, 0.15) is 29.2 Å². The number of methoxy groups -OCH3 is 1. The summed E-state index contributed by atoms with van der Waals surface area (Å²) < 4.78 is 5.26. The Bertz CT molecular complexity index is 554. The molecule has 3 N–H and O–H groups in total. The molecule has 3 heteroatoms. The fourth-order valence-corrected chi connectivity index (χ4v) is 2.39. The van der Waals surface area contributed by atoms with Gasteiger partial charge >= 0.3 is 0 Å². The Balaban J connectivity index is 2.07. The van der Waals surface area contributed by atoms with Gasteiger partial charge in [-0.05, 0) is 48.6 Å². The Morgan fingerprint density at radius 3 is 2.65 bits per heavy atom. The lowest BCUT2D eigenvalue weighted by molar-refractivity contribution is 0.412. The van der Waals surface area contributed by atoms with E-state index in [2.05, 4.69) is 42.7 Å². The monoisotopic (exact) mass is 270 g/mol. The Morgan fingerprint density at radius 2 is 1.95 bits per heavy atom. The molecular weight excluding hydrogens is 248 g/mol. The number of nitrogens with two attached hydrogens (primary N) is 1. The van der Waals surface area contributed by atoms with Gasteiger partial charge in [-0.3, -0.25) is 11.3 Å². The number of hydrazine groups is 1. The fraction of sp³-hybridized carbons (Fsp3) is 0.294. The zero-order valence-electron chi connectivity index (χ0n) is 12.1. The minimum absolute atomic E-state index is 0.129. The maximum atomic E-state index is 5.71. The van der Waals surface area contributed by atoms with Gasteiger partial charge in [0.25, 0.3) is 0 Å². The van der Waals surface area contributed by atoms with E-state index in [-0.39, 0.29) is 6.04 Å². The third kappa shape index (κ3) is 3.59. The van der Waals surface area contributed by atoms with Crippen LogP contribution in [0.15, 0.2) is 48.5 Å². The summed E-state index contributed by atoms with van der Waals surface area (Å²) in [5.74, 6) is 6.57. The van der Waals surface area contributed by atoms with Gasteiger partial charge in [0.1, 0.15) is 5.75 Å². The van der Waals surface area contributed by atoms with Gasteiger partial charge in [0.2, 0.25) is 0 Å². The van der Waals surface area contributed by atoms with Gasteiger partial charge in [-0.2, -0.15) is 0 Å². The normalized spacial score (nSPS) is 12.2. The molecule has 106 valence electrons. The fourth-order valence-electron chi connectivity index (χ4n) is 2.39. The molecule has 2 aromatic rings. The highest BCUT2D eigenvalue weighted by molar-refractivity contribution is 5.31. The van der Waals surface area contributed by atoms with Crippen LogP contribution >= 0.6 is 0 Å². The van der Waals surface area contributed by atoms with Crippen molar-refractivity contribution in [3.63, 3.8) is 0 Å². The van der Waals surface area contributed by atoms with Crippen LogP contribution < -0.4 is 16.0 Å². The topological polar surface area (TPSA) is 47.3 Å². The van der Waals surface area contributed by atoms with E-state index in [9.17, 15) is 0 Å². The van der Waals surface area contributed by atoms with Crippen molar-refractivity contribution in [1.82, 2.24) is 5.43 Å². The first-order valence-electron chi connectivity index (χ1n) is 6.89. The molecule has 0 aromatic heterocycles. The van der Waals surface area contributed by atoms with Crippen molar-refractivity contribution >= 4 is 0 Å². The molecule has 2 aromatic carbocycles. The number of ether oxygens (including phenoxy) is 1. The molecular formula is C17H22N2O. The van der Waals surface area contributed by atoms with Gasteiger partial charge < -0.3 is 4.74 Å². The summed E-state index contributed by atoms with van der Waals surface area (Å²) in [6.07, 6.45) is 1.95. The van der Waals surface area contributed by atoms with Crippen LogP contribution in [-0.4, -0.2) is 7.11 Å². The first kappa shape index (κ1) is 14.6. The molecule has 0 spiro atoms. The molecule has 3 nitrogen and oxygen atoms in total. The Kier molecular flexibility index (Phi) is 5.16. The summed E-state index contributed by atoms with van der Waals surface area (Å²) in [5.41, 5.74) is 6.76. The summed E-state index contributed by atoms with van der Waals surface area (Å²) in [7, 11) is 1.68. The van der Waals surface area contributed by atoms with Gasteiger partial charge in [-0.25, -0.2) is 0 Å². The van der Waals surface area contributed by atoms with Crippen molar-refractivity contribution in [2.24, 2.45) is 5.84 Å². The van der Waals surface area contributed by atoms with Crippen molar-refractivity contribution < 1.29 is 4.74 Å². The zero-order valence-corrected chi connectivity index (χ0v) is 12.1. The van der Waals surface area contributed by atoms with Gasteiger partial charge in [0, 0.05) is 6.04 Å². The smallest absolute Gasteiger partial charge is 0.119 e. The maximum absolute atomic E-state index is 5.71. The summed E-state index contributed by atoms with van der Waals surface area (Å²) in [5, 5.41) is 0. The van der Waals surface area contributed by atoms with Gasteiger partial charge in [0.05, 0.1) is 7.11 Å². The summed E-state index contributed by atoms with van der Waals surface area (Å²) in [6, 6.07) is 16.6. The maximum Gasteiger partial charge on any atom is 0.119 e. The number of hydrogen-bond acceptors (Lipinski definition) is 3. The first-order chi connectivity index (χ1) is 9.74. The van der Waals surface area contributed by atoms with Gasteiger partial charge in [0.15, 0.2) is 0 Å². The molecule has 0 aliphatic rings. The summed E-state index contributed by atoms with van der Waals surface area (Å²) >= 11 is 0. The Morgan fingerprint density at radius 1 is 1.15 bits per heavy atom. The number of nitrogens with one attached hydrogen (secondary N) is 1. The lowest BCUT2D eigenvalue weighted by Crippen LogP contribution is -2.28. The second-order valence-electron chi connectivity index (χ2n) is 4.96. The molecule has 2 rings (SSSR count). The second kappa shape index (κ2) is 7.08. The number of benzene rings is 2. The van der Waals surface area contributed by atoms with E-state index < -0.39 is 0 Å². The van der Waals surface area contributed by atoms with Crippen LogP contribution in [0.25, 0.3) is 0 Å². The molecule has 0 aliphatic carbocycles. The number of hydrogen-bond donors (Lipinski definition) is 2. The van der Waals surface area contributed by atoms with Crippen molar-refractivity contribution in [2.45, 2.75) is 25.8 Å². The Labute approximate surface area is 120 Å². The summed E-state index contributed by atoms with van der Waals surface area (Å²) in [4.78, 5) is 0. The van der Waals surface area contributed by atoms with Gasteiger partial charge in [-0.1, -0.05) is 36.4 Å². The third-order valence-electron chi connectivity index (χ3n) is 3.66. The van der Waals surface area contributed by atoms with Crippen LogP contribution in [0.2, 0.25) is 0 Å². The van der Waals surface area contributed by atoms with E-state index in [1.54, 1.807) is 7.11 Å². The molecule has 0 saturated carbocycles. The lowest BCUT2D eigenvalue weighted by Gasteiger charge is -2.17. The largest absolute Gasteiger partial charge is 0.497 e. The molecule has 20 heavy (non-hydrogen) atoms. The average Bonchev–Trinajstić information content (AvgIpc) is 2.50. The van der Waals surface area contributed by atoms with Crippen LogP contribution in [0.4, 0.5) is 0 Å². The van der Waals surface area contributed by atoms with Crippen molar-refractivity contribution in [3.05, 3.63) is 65.2 Å². The third-order valence-corrected chi connectivity index (χ3v) is 3.66. The molecule has 0 radical (unpaired) electrons. The molecule has 0 fully saturated rings. The predicted molar refractivity (Wildman–Crippen MR) is 82.6 cm³/mol. The molecule has 0 amide bonds. The van der Waals surface area contributed by atoms with Crippen molar-refractivity contribution in [2.75, 3.05) is 7.11 Å². The molecule has 1 unspecified atom stereocenters. The molecule has 0 bridgehead atoms. The van der Waals surface area contributed by atoms with Crippen molar-refractivity contribution in [3.8, 4) is 5.75 Å². The lowest BCUT2D eigenvalue weighted by atomic mass is 9.97. The average molecular weight is 270 g/mol. The van der Waals surface area contributed by atoms with Crippen LogP contribution in [0.3, 0.4) is 0 Å². The minimum atomic E-state index is 0.129. The second-order valence-corrected chi connectivity index (χ2v) is 4.96. The van der Waals surface area contributed by atoms with E-state index in [1.807, 2.05) is 18.2 Å². The molecule has 0 aliphatic heterocycles. The SMILES string of the molecule is COc1cccc(C(CCc2ccccc2C)NN)c1. The van der Waals surface area contributed by atoms with E-state index in [4.69, 9.17) is 10.6 Å². The summed E-state index contributed by atoms with van der Waals surface area (Å²) in [6.45, 7) is 2.14. The van der Waals surface area contributed by atoms with E-state index in [0.717, 1.165) is 24.2 Å². The first-order valence-corrected chi connectivity index (χ1v) is 6.89. The van der Waals surface area contributed by atoms with Crippen LogP contribution in [0, 0.1) is 6.92 Å². The minimum Gasteiger partial charge on any atom is -0.497 e. The Hall–Kier alpha value is -1.84. The van der Waals surface area contributed by atoms with Crippen molar-refractivity contribution in [1.29, 1.82) is 0 Å². The standard InChI is InChI=1S/C17H22N2O/c1-13-6-3-4-7-14(13)10-11-17(19-18)15-8-5-9-16(12-15)20-2/h3-9,12,17,19H,10-11,18H2,1-2H3. The molecule has 0 saturated heterocycles.